The summed E-state index contributed by atoms with van der Waals surface area (Å²) >= 11 is 0. The first-order valence-electron chi connectivity index (χ1n) is 7.06. The van der Waals surface area contributed by atoms with Crippen molar-refractivity contribution in [1.29, 1.82) is 5.26 Å². The van der Waals surface area contributed by atoms with Gasteiger partial charge in [0.05, 0.1) is 12.0 Å². The Morgan fingerprint density at radius 3 is 3.00 bits per heavy atom. The Morgan fingerprint density at radius 2 is 2.26 bits per heavy atom. The van der Waals surface area contributed by atoms with Crippen LogP contribution in [0, 0.1) is 17.2 Å². The fraction of sp³-hybridized carbons (Fsp3) is 0.562. The van der Waals surface area contributed by atoms with Crippen LogP contribution in [0.25, 0.3) is 0 Å². The van der Waals surface area contributed by atoms with Gasteiger partial charge >= 0.3 is 0 Å². The molecule has 3 heteroatoms. The zero-order valence-electron chi connectivity index (χ0n) is 11.5. The van der Waals surface area contributed by atoms with Gasteiger partial charge in [0.15, 0.2) is 0 Å². The highest BCUT2D eigenvalue weighted by Gasteiger charge is 2.34. The van der Waals surface area contributed by atoms with Crippen LogP contribution < -0.4 is 0 Å². The molecule has 0 spiro atoms. The lowest BCUT2D eigenvalue weighted by Crippen LogP contribution is -2.28. The normalized spacial score (nSPS) is 32.3. The van der Waals surface area contributed by atoms with Gasteiger partial charge in [0.2, 0.25) is 0 Å². The number of rotatable bonds is 2. The predicted molar refractivity (Wildman–Crippen MR) is 75.3 cm³/mol. The van der Waals surface area contributed by atoms with Crippen LogP contribution in [0.15, 0.2) is 36.0 Å². The first kappa shape index (κ1) is 14.0. The van der Waals surface area contributed by atoms with E-state index in [-0.39, 0.29) is 5.92 Å². The van der Waals surface area contributed by atoms with Crippen LogP contribution in [-0.4, -0.2) is 30.2 Å². The van der Waals surface area contributed by atoms with E-state index in [9.17, 15) is 0 Å². The average Bonchev–Trinajstić information content (AvgIpc) is 2.77. The SMILES string of the molecule is CCN1CCCC(F)(C2=CC=CC(C#N)C=C2)CC1. The summed E-state index contributed by atoms with van der Waals surface area (Å²) in [6, 6.07) is 2.17. The fourth-order valence-electron chi connectivity index (χ4n) is 2.75. The summed E-state index contributed by atoms with van der Waals surface area (Å²) in [5, 5.41) is 8.91. The van der Waals surface area contributed by atoms with Crippen LogP contribution in [0.4, 0.5) is 4.39 Å². The van der Waals surface area contributed by atoms with Crippen molar-refractivity contribution in [3.63, 3.8) is 0 Å². The molecule has 1 saturated heterocycles. The molecule has 0 aromatic heterocycles. The summed E-state index contributed by atoms with van der Waals surface area (Å²) < 4.78 is 15.2. The monoisotopic (exact) mass is 260 g/mol. The second-order valence-electron chi connectivity index (χ2n) is 5.27. The van der Waals surface area contributed by atoms with E-state index in [0.29, 0.717) is 12.8 Å². The van der Waals surface area contributed by atoms with Gasteiger partial charge < -0.3 is 4.90 Å². The number of nitriles is 1. The molecule has 0 amide bonds. The lowest BCUT2D eigenvalue weighted by molar-refractivity contribution is 0.187. The van der Waals surface area contributed by atoms with Gasteiger partial charge in [0.1, 0.15) is 5.67 Å². The smallest absolute Gasteiger partial charge is 0.137 e. The molecule has 102 valence electrons. The van der Waals surface area contributed by atoms with E-state index in [1.54, 1.807) is 12.2 Å². The van der Waals surface area contributed by atoms with E-state index in [1.807, 2.05) is 18.2 Å². The number of nitrogens with zero attached hydrogens (tertiary/aromatic N) is 2. The highest BCUT2D eigenvalue weighted by Crippen LogP contribution is 2.35. The Labute approximate surface area is 114 Å². The molecule has 2 nitrogen and oxygen atoms in total. The maximum Gasteiger partial charge on any atom is 0.137 e. The van der Waals surface area contributed by atoms with Crippen molar-refractivity contribution in [2.45, 2.75) is 31.9 Å². The van der Waals surface area contributed by atoms with Crippen molar-refractivity contribution in [3.8, 4) is 6.07 Å². The summed E-state index contributed by atoms with van der Waals surface area (Å²) in [6.07, 6.45) is 11.0. The Bertz CT molecular complexity index is 444. The van der Waals surface area contributed by atoms with E-state index in [2.05, 4.69) is 17.9 Å². The standard InChI is InChI=1S/C16H21FN2/c1-2-19-11-4-9-16(17,10-12-19)15-6-3-5-14(13-18)7-8-15/h3,5-8,14H,2,4,9-12H2,1H3. The predicted octanol–water partition coefficient (Wildman–Crippen LogP) is 3.39. The summed E-state index contributed by atoms with van der Waals surface area (Å²) in [7, 11) is 0. The first-order valence-corrected chi connectivity index (χ1v) is 7.06. The Morgan fingerprint density at radius 1 is 1.42 bits per heavy atom. The summed E-state index contributed by atoms with van der Waals surface area (Å²) in [5.41, 5.74) is -0.519. The zero-order chi connectivity index (χ0) is 13.7. The molecule has 19 heavy (non-hydrogen) atoms. The van der Waals surface area contributed by atoms with Crippen LogP contribution in [0.3, 0.4) is 0 Å². The number of hydrogen-bond acceptors (Lipinski definition) is 2. The van der Waals surface area contributed by atoms with Crippen LogP contribution in [0.5, 0.6) is 0 Å². The number of allylic oxidation sites excluding steroid dienone is 6. The molecule has 1 fully saturated rings. The van der Waals surface area contributed by atoms with Gasteiger partial charge in [-0.3, -0.25) is 0 Å². The maximum absolute atomic E-state index is 15.2. The van der Waals surface area contributed by atoms with Crippen LogP contribution in [0.2, 0.25) is 0 Å². The van der Waals surface area contributed by atoms with Crippen molar-refractivity contribution in [2.24, 2.45) is 5.92 Å². The van der Waals surface area contributed by atoms with Crippen LogP contribution in [-0.2, 0) is 0 Å². The Hall–Kier alpha value is -1.40. The minimum absolute atomic E-state index is 0.240. The quantitative estimate of drug-likeness (QED) is 0.761. The topological polar surface area (TPSA) is 27.0 Å². The van der Waals surface area contributed by atoms with E-state index < -0.39 is 5.67 Å². The fourth-order valence-corrected chi connectivity index (χ4v) is 2.75. The number of likely N-dealkylation sites (tertiary alicyclic amines) is 1. The summed E-state index contributed by atoms with van der Waals surface area (Å²) in [6.45, 7) is 4.90. The molecule has 2 rings (SSSR count). The van der Waals surface area contributed by atoms with E-state index in [1.165, 1.54) is 0 Å². The Kier molecular flexibility index (Phi) is 4.55. The third-order valence-electron chi connectivity index (χ3n) is 4.06. The Balaban J connectivity index is 2.14. The van der Waals surface area contributed by atoms with Gasteiger partial charge in [-0.25, -0.2) is 4.39 Å². The van der Waals surface area contributed by atoms with Gasteiger partial charge in [-0.2, -0.15) is 5.26 Å². The maximum atomic E-state index is 15.2. The van der Waals surface area contributed by atoms with Crippen molar-refractivity contribution in [3.05, 3.63) is 36.0 Å². The molecule has 1 aliphatic carbocycles. The minimum Gasteiger partial charge on any atom is -0.303 e. The molecule has 0 aromatic rings. The molecule has 1 aliphatic heterocycles. The van der Waals surface area contributed by atoms with E-state index >= 15 is 4.39 Å². The van der Waals surface area contributed by atoms with E-state index in [4.69, 9.17) is 5.26 Å². The summed E-state index contributed by atoms with van der Waals surface area (Å²) in [4.78, 5) is 2.30. The highest BCUT2D eigenvalue weighted by atomic mass is 19.1. The molecule has 0 aromatic carbocycles. The molecule has 1 heterocycles. The highest BCUT2D eigenvalue weighted by molar-refractivity contribution is 5.37. The molecule has 0 bridgehead atoms. The van der Waals surface area contributed by atoms with Crippen LogP contribution in [0.1, 0.15) is 26.2 Å². The van der Waals surface area contributed by atoms with Gasteiger partial charge in [0.25, 0.3) is 0 Å². The molecular formula is C16H21FN2. The summed E-state index contributed by atoms with van der Waals surface area (Å²) in [5.74, 6) is -0.240. The molecule has 2 atom stereocenters. The second-order valence-corrected chi connectivity index (χ2v) is 5.27. The van der Waals surface area contributed by atoms with Crippen molar-refractivity contribution in [1.82, 2.24) is 4.90 Å². The molecule has 0 saturated carbocycles. The molecule has 2 aliphatic rings. The van der Waals surface area contributed by atoms with Gasteiger partial charge in [-0.1, -0.05) is 37.3 Å². The lowest BCUT2D eigenvalue weighted by atomic mass is 9.87. The molecule has 2 unspecified atom stereocenters. The van der Waals surface area contributed by atoms with Crippen molar-refractivity contribution in [2.75, 3.05) is 19.6 Å². The molecular weight excluding hydrogens is 239 g/mol. The van der Waals surface area contributed by atoms with E-state index in [0.717, 1.165) is 31.6 Å². The number of halogens is 1. The van der Waals surface area contributed by atoms with Crippen molar-refractivity contribution >= 4 is 0 Å². The number of alkyl halides is 1. The van der Waals surface area contributed by atoms with Gasteiger partial charge in [0, 0.05) is 6.54 Å². The van der Waals surface area contributed by atoms with Crippen LogP contribution >= 0.6 is 0 Å². The van der Waals surface area contributed by atoms with Gasteiger partial charge in [-0.15, -0.1) is 0 Å². The second kappa shape index (κ2) is 6.16. The largest absolute Gasteiger partial charge is 0.303 e. The average molecular weight is 260 g/mol. The molecule has 0 N–H and O–H groups in total. The number of hydrogen-bond donors (Lipinski definition) is 0. The minimum atomic E-state index is -1.24. The zero-order valence-corrected chi connectivity index (χ0v) is 11.5. The van der Waals surface area contributed by atoms with Crippen molar-refractivity contribution < 1.29 is 4.39 Å². The lowest BCUT2D eigenvalue weighted by Gasteiger charge is -2.25. The third kappa shape index (κ3) is 3.33. The molecule has 0 radical (unpaired) electrons. The third-order valence-corrected chi connectivity index (χ3v) is 4.06. The van der Waals surface area contributed by atoms with Gasteiger partial charge in [-0.05, 0) is 37.9 Å². The first-order chi connectivity index (χ1) is 9.18.